The molecule has 7 heteroatoms. The third kappa shape index (κ3) is 6.84. The average molecular weight is 598 g/mol. The molecule has 1 aliphatic carbocycles. The summed E-state index contributed by atoms with van der Waals surface area (Å²) >= 11 is 0. The third-order valence-corrected chi connectivity index (χ3v) is 8.81. The van der Waals surface area contributed by atoms with Crippen molar-refractivity contribution in [3.8, 4) is 11.1 Å². The molecule has 1 saturated heterocycles. The van der Waals surface area contributed by atoms with Gasteiger partial charge in [-0.3, -0.25) is 10.2 Å². The van der Waals surface area contributed by atoms with Crippen LogP contribution in [0.25, 0.3) is 11.1 Å². The molecule has 0 radical (unpaired) electrons. The molecule has 44 heavy (non-hydrogen) atoms. The van der Waals surface area contributed by atoms with Crippen LogP contribution in [-0.2, 0) is 14.3 Å². The summed E-state index contributed by atoms with van der Waals surface area (Å²) in [7, 11) is 0. The van der Waals surface area contributed by atoms with Crippen LogP contribution in [0.4, 0.5) is 4.79 Å². The summed E-state index contributed by atoms with van der Waals surface area (Å²) in [5.74, 6) is -0.405. The predicted molar refractivity (Wildman–Crippen MR) is 174 cm³/mol. The zero-order valence-corrected chi connectivity index (χ0v) is 26.8. The molecule has 1 heterocycles. The van der Waals surface area contributed by atoms with Gasteiger partial charge in [0.05, 0.1) is 6.04 Å². The van der Waals surface area contributed by atoms with Crippen molar-refractivity contribution in [1.82, 2.24) is 15.5 Å². The number of nitrogens with zero attached hydrogens (tertiary/aromatic N) is 1. The van der Waals surface area contributed by atoms with Crippen molar-refractivity contribution in [3.05, 3.63) is 95.6 Å². The molecule has 7 nitrogen and oxygen atoms in total. The van der Waals surface area contributed by atoms with Gasteiger partial charge < -0.3 is 14.8 Å². The first-order valence-corrected chi connectivity index (χ1v) is 16.0. The van der Waals surface area contributed by atoms with E-state index >= 15 is 0 Å². The van der Waals surface area contributed by atoms with E-state index in [1.165, 1.54) is 22.3 Å². The number of likely N-dealkylation sites (tertiary alicyclic amines) is 1. The lowest BCUT2D eigenvalue weighted by Gasteiger charge is -2.47. The van der Waals surface area contributed by atoms with Crippen LogP contribution in [0.2, 0.25) is 0 Å². The highest BCUT2D eigenvalue weighted by atomic mass is 16.6. The molecular formula is C37H47N3O4. The Morgan fingerprint density at radius 3 is 1.98 bits per heavy atom. The van der Waals surface area contributed by atoms with E-state index < -0.39 is 23.4 Å². The smallest absolute Gasteiger partial charge is 0.408 e. The van der Waals surface area contributed by atoms with E-state index in [1.807, 2.05) is 51.1 Å². The number of hydrogen-bond donors (Lipinski definition) is 2. The molecule has 0 spiro atoms. The van der Waals surface area contributed by atoms with Gasteiger partial charge in [-0.05, 0) is 67.3 Å². The highest BCUT2D eigenvalue weighted by Gasteiger charge is 2.49. The SMILES string of the molecule is CC(C)[C@](NCC(NC(=O)OC(C)(C)C)c1ccccc1)(C(=O)OCC1c2ccccc2-c2ccccc21)N1CCCCC1. The number of nitrogens with one attached hydrogen (secondary N) is 2. The lowest BCUT2D eigenvalue weighted by molar-refractivity contribution is -0.167. The molecule has 2 aliphatic rings. The average Bonchev–Trinajstić information content (AvgIpc) is 3.33. The maximum Gasteiger partial charge on any atom is 0.408 e. The van der Waals surface area contributed by atoms with Crippen molar-refractivity contribution in [2.24, 2.45) is 5.92 Å². The van der Waals surface area contributed by atoms with Gasteiger partial charge in [0.15, 0.2) is 5.66 Å². The normalized spacial score (nSPS) is 17.3. The molecule has 5 rings (SSSR count). The molecule has 3 aromatic carbocycles. The van der Waals surface area contributed by atoms with E-state index in [0.717, 1.165) is 37.9 Å². The standard InChI is InChI=1S/C37H47N3O4/c1-26(2)37(40-22-14-7-15-23-40,38-24-33(27-16-8-6-9-17-27)39-35(42)44-36(3,4)5)34(41)43-25-32-30-20-12-10-18-28(30)29-19-11-13-21-31(29)32/h6,8-13,16-21,26,32-33,38H,7,14-15,22-25H2,1-5H3,(H,39,42)/t33?,37-/m1/s1. The summed E-state index contributed by atoms with van der Waals surface area (Å²) in [6.45, 7) is 11.9. The van der Waals surface area contributed by atoms with Gasteiger partial charge >= 0.3 is 12.1 Å². The fraction of sp³-hybridized carbons (Fsp3) is 0.459. The van der Waals surface area contributed by atoms with E-state index in [9.17, 15) is 9.59 Å². The number of amides is 1. The summed E-state index contributed by atoms with van der Waals surface area (Å²) in [6.07, 6.45) is 2.68. The highest BCUT2D eigenvalue weighted by Crippen LogP contribution is 2.44. The zero-order valence-electron chi connectivity index (χ0n) is 26.8. The first-order valence-electron chi connectivity index (χ1n) is 16.0. The molecule has 234 valence electrons. The second-order valence-corrected chi connectivity index (χ2v) is 13.3. The Hall–Kier alpha value is -3.68. The number of carbonyl (C=O) groups is 2. The summed E-state index contributed by atoms with van der Waals surface area (Å²) < 4.78 is 12.0. The monoisotopic (exact) mass is 597 g/mol. The maximum atomic E-state index is 14.5. The topological polar surface area (TPSA) is 79.9 Å². The molecule has 2 N–H and O–H groups in total. The van der Waals surface area contributed by atoms with E-state index in [4.69, 9.17) is 9.47 Å². The molecule has 3 aromatic rings. The Bertz CT molecular complexity index is 1380. The summed E-state index contributed by atoms with van der Waals surface area (Å²) in [4.78, 5) is 29.7. The fourth-order valence-electron chi connectivity index (χ4n) is 6.72. The van der Waals surface area contributed by atoms with Crippen LogP contribution >= 0.6 is 0 Å². The Morgan fingerprint density at radius 2 is 1.41 bits per heavy atom. The minimum Gasteiger partial charge on any atom is -0.462 e. The molecule has 0 aromatic heterocycles. The molecule has 0 saturated carbocycles. The van der Waals surface area contributed by atoms with Crippen LogP contribution in [-0.4, -0.2) is 54.5 Å². The van der Waals surface area contributed by atoms with Gasteiger partial charge in [-0.25, -0.2) is 9.59 Å². The number of esters is 1. The number of rotatable bonds is 10. The summed E-state index contributed by atoms with van der Waals surface area (Å²) in [6, 6.07) is 26.2. The molecule has 1 aliphatic heterocycles. The van der Waals surface area contributed by atoms with Crippen LogP contribution in [0.15, 0.2) is 78.9 Å². The lowest BCUT2D eigenvalue weighted by Crippen LogP contribution is -2.69. The van der Waals surface area contributed by atoms with Gasteiger partial charge in [-0.1, -0.05) is 99.1 Å². The number of fused-ring (bicyclic) bond motifs is 3. The Morgan fingerprint density at radius 1 is 0.841 bits per heavy atom. The molecule has 1 fully saturated rings. The van der Waals surface area contributed by atoms with Gasteiger partial charge in [0.1, 0.15) is 12.2 Å². The maximum absolute atomic E-state index is 14.5. The first-order chi connectivity index (χ1) is 21.1. The number of hydrogen-bond acceptors (Lipinski definition) is 6. The summed E-state index contributed by atoms with van der Waals surface area (Å²) in [5.41, 5.74) is 4.01. The van der Waals surface area contributed by atoms with Crippen molar-refractivity contribution >= 4 is 12.1 Å². The van der Waals surface area contributed by atoms with E-state index in [-0.39, 0.29) is 24.4 Å². The van der Waals surface area contributed by atoms with Gasteiger partial charge in [-0.15, -0.1) is 0 Å². The minimum absolute atomic E-state index is 0.0246. The van der Waals surface area contributed by atoms with Gasteiger partial charge in [0, 0.05) is 25.6 Å². The van der Waals surface area contributed by atoms with Crippen LogP contribution in [0.1, 0.15) is 82.5 Å². The zero-order chi connectivity index (χ0) is 31.3. The molecule has 2 atom stereocenters. The lowest BCUT2D eigenvalue weighted by atomic mass is 9.90. The number of ether oxygens (including phenoxy) is 2. The van der Waals surface area contributed by atoms with Crippen LogP contribution in [0, 0.1) is 5.92 Å². The Labute approximate surface area is 262 Å². The third-order valence-electron chi connectivity index (χ3n) is 8.81. The van der Waals surface area contributed by atoms with Crippen molar-refractivity contribution in [2.75, 3.05) is 26.2 Å². The summed E-state index contributed by atoms with van der Waals surface area (Å²) in [5, 5.41) is 6.71. The van der Waals surface area contributed by atoms with E-state index in [0.29, 0.717) is 6.54 Å². The van der Waals surface area contributed by atoms with Crippen LogP contribution in [0.5, 0.6) is 0 Å². The Kier molecular flexibility index (Phi) is 9.76. The second kappa shape index (κ2) is 13.5. The van der Waals surface area contributed by atoms with E-state index in [2.05, 4.69) is 77.9 Å². The number of alkyl carbamates (subject to hydrolysis) is 1. The quantitative estimate of drug-likeness (QED) is 0.244. The van der Waals surface area contributed by atoms with Crippen molar-refractivity contribution in [3.63, 3.8) is 0 Å². The number of piperidine rings is 1. The largest absolute Gasteiger partial charge is 0.462 e. The number of benzene rings is 3. The Balaban J connectivity index is 1.41. The van der Waals surface area contributed by atoms with Gasteiger partial charge in [0.2, 0.25) is 0 Å². The van der Waals surface area contributed by atoms with Gasteiger partial charge in [-0.2, -0.15) is 0 Å². The van der Waals surface area contributed by atoms with Crippen molar-refractivity contribution < 1.29 is 19.1 Å². The van der Waals surface area contributed by atoms with Crippen molar-refractivity contribution in [1.29, 1.82) is 0 Å². The van der Waals surface area contributed by atoms with Crippen LogP contribution in [0.3, 0.4) is 0 Å². The molecule has 0 bridgehead atoms. The molecular weight excluding hydrogens is 550 g/mol. The van der Waals surface area contributed by atoms with Crippen molar-refractivity contribution in [2.45, 2.75) is 77.1 Å². The predicted octanol–water partition coefficient (Wildman–Crippen LogP) is 7.04. The fourth-order valence-corrected chi connectivity index (χ4v) is 6.72. The molecule has 1 unspecified atom stereocenters. The van der Waals surface area contributed by atoms with E-state index in [1.54, 1.807) is 0 Å². The van der Waals surface area contributed by atoms with Gasteiger partial charge in [0.25, 0.3) is 0 Å². The van der Waals surface area contributed by atoms with Crippen LogP contribution < -0.4 is 10.6 Å². The molecule has 1 amide bonds. The highest BCUT2D eigenvalue weighted by molar-refractivity contribution is 5.82. The minimum atomic E-state index is -1.07. The number of carbonyl (C=O) groups excluding carboxylic acids is 2. The first kappa shape index (κ1) is 31.7. The second-order valence-electron chi connectivity index (χ2n) is 13.3.